The molecule has 92 valence electrons. The first-order valence-corrected chi connectivity index (χ1v) is 6.06. The smallest absolute Gasteiger partial charge is 0.237 e. The Bertz CT molecular complexity index is 552. The zero-order valence-electron chi connectivity index (χ0n) is 9.97. The molecule has 4 nitrogen and oxygen atoms in total. The molecular formula is C14H14N2O2. The van der Waals surface area contributed by atoms with Gasteiger partial charge in [-0.3, -0.25) is 4.98 Å². The van der Waals surface area contributed by atoms with E-state index in [1.54, 1.807) is 0 Å². The van der Waals surface area contributed by atoms with Crippen LogP contribution in [0.5, 0.6) is 11.6 Å². The van der Waals surface area contributed by atoms with Gasteiger partial charge in [0.15, 0.2) is 0 Å². The van der Waals surface area contributed by atoms with Gasteiger partial charge in [0, 0.05) is 0 Å². The third kappa shape index (κ3) is 2.19. The second-order valence-corrected chi connectivity index (χ2v) is 4.39. The predicted octanol–water partition coefficient (Wildman–Crippen LogP) is 2.25. The van der Waals surface area contributed by atoms with Crippen molar-refractivity contribution in [2.75, 3.05) is 0 Å². The fraction of sp³-hybridized carbons (Fsp3) is 0.286. The minimum atomic E-state index is -0.105. The van der Waals surface area contributed by atoms with Gasteiger partial charge in [0.25, 0.3) is 0 Å². The van der Waals surface area contributed by atoms with E-state index < -0.39 is 0 Å². The Labute approximate surface area is 105 Å². The van der Waals surface area contributed by atoms with Crippen LogP contribution in [0.25, 0.3) is 0 Å². The zero-order chi connectivity index (χ0) is 12.4. The number of aryl methyl sites for hydroxylation is 2. The quantitative estimate of drug-likeness (QED) is 0.896. The Hall–Kier alpha value is -1.94. The van der Waals surface area contributed by atoms with Crippen molar-refractivity contribution in [3.05, 3.63) is 47.4 Å². The lowest BCUT2D eigenvalue weighted by molar-refractivity contribution is 0.276. The molecule has 0 atom stereocenters. The van der Waals surface area contributed by atoms with Gasteiger partial charge in [-0.2, -0.15) is 0 Å². The van der Waals surface area contributed by atoms with Crippen LogP contribution in [0, 0.1) is 0 Å². The molecule has 0 spiro atoms. The number of aromatic nitrogens is 2. The molecule has 1 heterocycles. The molecule has 0 fully saturated rings. The summed E-state index contributed by atoms with van der Waals surface area (Å²) < 4.78 is 5.65. The Morgan fingerprint density at radius 1 is 1.11 bits per heavy atom. The number of rotatable bonds is 3. The van der Waals surface area contributed by atoms with Crippen molar-refractivity contribution in [3.8, 4) is 11.6 Å². The van der Waals surface area contributed by atoms with Gasteiger partial charge in [-0.15, -0.1) is 0 Å². The van der Waals surface area contributed by atoms with Crippen molar-refractivity contribution in [1.82, 2.24) is 9.97 Å². The van der Waals surface area contributed by atoms with Crippen LogP contribution in [-0.2, 0) is 19.4 Å². The van der Waals surface area contributed by atoms with Gasteiger partial charge in [0.2, 0.25) is 5.88 Å². The maximum absolute atomic E-state index is 8.88. The highest BCUT2D eigenvalue weighted by Gasteiger charge is 2.11. The van der Waals surface area contributed by atoms with E-state index in [4.69, 9.17) is 9.84 Å². The van der Waals surface area contributed by atoms with Crippen molar-refractivity contribution in [2.45, 2.75) is 25.9 Å². The lowest BCUT2D eigenvalue weighted by Crippen LogP contribution is -1.94. The van der Waals surface area contributed by atoms with Gasteiger partial charge < -0.3 is 9.84 Å². The zero-order valence-corrected chi connectivity index (χ0v) is 9.97. The van der Waals surface area contributed by atoms with E-state index in [1.165, 1.54) is 36.4 Å². The molecule has 1 aromatic heterocycles. The molecule has 1 N–H and O–H groups in total. The van der Waals surface area contributed by atoms with Crippen molar-refractivity contribution in [3.63, 3.8) is 0 Å². The van der Waals surface area contributed by atoms with E-state index in [9.17, 15) is 0 Å². The molecule has 1 aromatic carbocycles. The second-order valence-electron chi connectivity index (χ2n) is 4.39. The molecule has 0 saturated heterocycles. The molecule has 3 rings (SSSR count). The number of hydrogen-bond acceptors (Lipinski definition) is 4. The first-order valence-electron chi connectivity index (χ1n) is 6.06. The first-order chi connectivity index (χ1) is 8.85. The van der Waals surface area contributed by atoms with Gasteiger partial charge in [-0.05, 0) is 42.5 Å². The fourth-order valence-electron chi connectivity index (χ4n) is 2.21. The normalized spacial score (nSPS) is 13.4. The van der Waals surface area contributed by atoms with Crippen LogP contribution in [0.3, 0.4) is 0 Å². The summed E-state index contributed by atoms with van der Waals surface area (Å²) in [4.78, 5) is 8.12. The monoisotopic (exact) mass is 242 g/mol. The van der Waals surface area contributed by atoms with Crippen LogP contribution in [0.1, 0.15) is 23.2 Å². The van der Waals surface area contributed by atoms with Crippen LogP contribution in [-0.4, -0.2) is 15.1 Å². The summed E-state index contributed by atoms with van der Waals surface area (Å²) in [6.45, 7) is -0.105. The third-order valence-electron chi connectivity index (χ3n) is 3.14. The van der Waals surface area contributed by atoms with E-state index in [0.717, 1.165) is 12.2 Å². The highest BCUT2D eigenvalue weighted by Crippen LogP contribution is 2.28. The van der Waals surface area contributed by atoms with E-state index >= 15 is 0 Å². The summed E-state index contributed by atoms with van der Waals surface area (Å²) in [5, 5.41) is 8.88. The van der Waals surface area contributed by atoms with Crippen LogP contribution >= 0.6 is 0 Å². The summed E-state index contributed by atoms with van der Waals surface area (Å²) >= 11 is 0. The predicted molar refractivity (Wildman–Crippen MR) is 66.5 cm³/mol. The first kappa shape index (κ1) is 11.2. The number of fused-ring (bicyclic) bond motifs is 1. The highest BCUT2D eigenvalue weighted by atomic mass is 16.5. The Kier molecular flexibility index (Phi) is 2.94. The molecule has 4 heteroatoms. The average Bonchev–Trinajstić information content (AvgIpc) is 2.87. The van der Waals surface area contributed by atoms with Crippen LogP contribution in [0.2, 0.25) is 0 Å². The van der Waals surface area contributed by atoms with Crippen molar-refractivity contribution < 1.29 is 9.84 Å². The summed E-state index contributed by atoms with van der Waals surface area (Å²) in [6.07, 6.45) is 6.56. The number of aliphatic hydroxyl groups excluding tert-OH is 1. The topological polar surface area (TPSA) is 55.2 Å². The summed E-state index contributed by atoms with van der Waals surface area (Å²) in [6, 6.07) is 6.16. The molecule has 18 heavy (non-hydrogen) atoms. The standard InChI is InChI=1S/C14H14N2O2/c17-9-12-7-16-14(8-15-12)18-13-5-4-10-2-1-3-11(10)6-13/h4-8,17H,1-3,9H2. The van der Waals surface area contributed by atoms with Crippen molar-refractivity contribution in [2.24, 2.45) is 0 Å². The third-order valence-corrected chi connectivity index (χ3v) is 3.14. The molecule has 2 aromatic rings. The van der Waals surface area contributed by atoms with E-state index in [1.807, 2.05) is 6.07 Å². The molecule has 0 bridgehead atoms. The Morgan fingerprint density at radius 3 is 2.78 bits per heavy atom. The number of hydrogen-bond donors (Lipinski definition) is 1. The van der Waals surface area contributed by atoms with E-state index in [2.05, 4.69) is 22.1 Å². The van der Waals surface area contributed by atoms with Gasteiger partial charge >= 0.3 is 0 Å². The van der Waals surface area contributed by atoms with Gasteiger partial charge in [0.1, 0.15) is 5.75 Å². The number of benzene rings is 1. The number of aliphatic hydroxyl groups is 1. The van der Waals surface area contributed by atoms with E-state index in [-0.39, 0.29) is 6.61 Å². The average molecular weight is 242 g/mol. The summed E-state index contributed by atoms with van der Waals surface area (Å²) in [7, 11) is 0. The Morgan fingerprint density at radius 2 is 2.00 bits per heavy atom. The lowest BCUT2D eigenvalue weighted by Gasteiger charge is -2.06. The largest absolute Gasteiger partial charge is 0.437 e. The lowest BCUT2D eigenvalue weighted by atomic mass is 10.1. The van der Waals surface area contributed by atoms with Crippen LogP contribution < -0.4 is 4.74 Å². The maximum Gasteiger partial charge on any atom is 0.237 e. The van der Waals surface area contributed by atoms with Gasteiger partial charge in [-0.25, -0.2) is 4.98 Å². The molecule has 0 amide bonds. The van der Waals surface area contributed by atoms with E-state index in [0.29, 0.717) is 11.6 Å². The van der Waals surface area contributed by atoms with Crippen LogP contribution in [0.4, 0.5) is 0 Å². The SMILES string of the molecule is OCc1cnc(Oc2ccc3c(c2)CCC3)cn1. The molecule has 0 unspecified atom stereocenters. The van der Waals surface area contributed by atoms with Gasteiger partial charge in [0.05, 0.1) is 24.7 Å². The number of ether oxygens (including phenoxy) is 1. The molecular weight excluding hydrogens is 228 g/mol. The molecule has 1 aliphatic carbocycles. The molecule has 0 aliphatic heterocycles. The molecule has 1 aliphatic rings. The maximum atomic E-state index is 8.88. The van der Waals surface area contributed by atoms with Gasteiger partial charge in [-0.1, -0.05) is 6.07 Å². The highest BCUT2D eigenvalue weighted by molar-refractivity contribution is 5.39. The van der Waals surface area contributed by atoms with Crippen LogP contribution in [0.15, 0.2) is 30.6 Å². The number of nitrogens with zero attached hydrogens (tertiary/aromatic N) is 2. The van der Waals surface area contributed by atoms with Crippen molar-refractivity contribution in [1.29, 1.82) is 0 Å². The van der Waals surface area contributed by atoms with Crippen molar-refractivity contribution >= 4 is 0 Å². The summed E-state index contributed by atoms with van der Waals surface area (Å²) in [5.74, 6) is 1.24. The second kappa shape index (κ2) is 4.74. The minimum Gasteiger partial charge on any atom is -0.437 e. The fourth-order valence-corrected chi connectivity index (χ4v) is 2.21. The minimum absolute atomic E-state index is 0.105. The molecule has 0 saturated carbocycles. The Balaban J connectivity index is 1.79. The summed E-state index contributed by atoms with van der Waals surface area (Å²) in [5.41, 5.74) is 3.33. The molecule has 0 radical (unpaired) electrons.